The fraction of sp³-hybridized carbons (Fsp3) is 0.923. The number of aliphatic hydroxyl groups excluding tert-OH is 1. The molecule has 4 nitrogen and oxygen atoms in total. The molecule has 0 aromatic carbocycles. The largest absolute Gasteiger partial charge is 0.396 e. The van der Waals surface area contributed by atoms with Crippen LogP contribution in [0.3, 0.4) is 0 Å². The van der Waals surface area contributed by atoms with Crippen molar-refractivity contribution < 1.29 is 14.6 Å². The fourth-order valence-electron chi connectivity index (χ4n) is 2.00. The standard InChI is InChI=1S/C13H23NO3/c1-9(17-8-10-2-3-10)13(16)14-12(6-7-15)11-4-5-11/h9-12,15H,2-8H2,1H3,(H,14,16). The molecule has 0 aromatic heterocycles. The van der Waals surface area contributed by atoms with Crippen LogP contribution in [0.15, 0.2) is 0 Å². The van der Waals surface area contributed by atoms with E-state index < -0.39 is 0 Å². The molecule has 0 spiro atoms. The molecule has 17 heavy (non-hydrogen) atoms. The summed E-state index contributed by atoms with van der Waals surface area (Å²) in [6, 6.07) is 0.138. The highest BCUT2D eigenvalue weighted by molar-refractivity contribution is 5.80. The van der Waals surface area contributed by atoms with Crippen molar-refractivity contribution in [3.8, 4) is 0 Å². The molecule has 4 heteroatoms. The molecular formula is C13H23NO3. The highest BCUT2D eigenvalue weighted by Gasteiger charge is 2.33. The molecule has 98 valence electrons. The molecule has 1 amide bonds. The molecule has 2 unspecified atom stereocenters. The molecule has 2 rings (SSSR count). The van der Waals surface area contributed by atoms with Crippen LogP contribution in [0.2, 0.25) is 0 Å². The number of carbonyl (C=O) groups excluding carboxylic acids is 1. The molecule has 2 fully saturated rings. The second-order valence-corrected chi connectivity index (χ2v) is 5.38. The molecular weight excluding hydrogens is 218 g/mol. The summed E-state index contributed by atoms with van der Waals surface area (Å²) in [5, 5.41) is 12.0. The Morgan fingerprint density at radius 1 is 1.41 bits per heavy atom. The molecule has 0 radical (unpaired) electrons. The van der Waals surface area contributed by atoms with Crippen molar-refractivity contribution >= 4 is 5.91 Å². The highest BCUT2D eigenvalue weighted by Crippen LogP contribution is 2.34. The van der Waals surface area contributed by atoms with Gasteiger partial charge in [0.05, 0.1) is 6.61 Å². The molecule has 2 aliphatic carbocycles. The Hall–Kier alpha value is -0.610. The average molecular weight is 241 g/mol. The van der Waals surface area contributed by atoms with Gasteiger partial charge in [0, 0.05) is 12.6 Å². The van der Waals surface area contributed by atoms with Gasteiger partial charge in [0.25, 0.3) is 0 Å². The number of amides is 1. The van der Waals surface area contributed by atoms with Crippen LogP contribution in [0.1, 0.15) is 39.0 Å². The molecule has 0 bridgehead atoms. The van der Waals surface area contributed by atoms with Crippen molar-refractivity contribution in [3.63, 3.8) is 0 Å². The molecule has 0 saturated heterocycles. The van der Waals surface area contributed by atoms with Crippen LogP contribution >= 0.6 is 0 Å². The van der Waals surface area contributed by atoms with Gasteiger partial charge in [-0.1, -0.05) is 0 Å². The SMILES string of the molecule is CC(OCC1CC1)C(=O)NC(CCO)C1CC1. The second kappa shape index (κ2) is 5.83. The number of carbonyl (C=O) groups is 1. The van der Waals surface area contributed by atoms with Gasteiger partial charge in [0.2, 0.25) is 5.91 Å². The predicted octanol–water partition coefficient (Wildman–Crippen LogP) is 1.08. The van der Waals surface area contributed by atoms with E-state index in [4.69, 9.17) is 9.84 Å². The van der Waals surface area contributed by atoms with Crippen LogP contribution in [-0.4, -0.2) is 36.4 Å². The van der Waals surface area contributed by atoms with Crippen LogP contribution in [0.5, 0.6) is 0 Å². The third-order valence-corrected chi connectivity index (χ3v) is 3.61. The van der Waals surface area contributed by atoms with E-state index >= 15 is 0 Å². The van der Waals surface area contributed by atoms with E-state index in [1.54, 1.807) is 6.92 Å². The van der Waals surface area contributed by atoms with Crippen LogP contribution in [0, 0.1) is 11.8 Å². The Kier molecular flexibility index (Phi) is 4.40. The maximum atomic E-state index is 11.9. The number of nitrogens with one attached hydrogen (secondary N) is 1. The van der Waals surface area contributed by atoms with E-state index in [1.165, 1.54) is 25.7 Å². The van der Waals surface area contributed by atoms with Crippen LogP contribution < -0.4 is 5.32 Å². The van der Waals surface area contributed by atoms with Crippen LogP contribution in [0.25, 0.3) is 0 Å². The minimum Gasteiger partial charge on any atom is -0.396 e. The Bertz CT molecular complexity index is 261. The monoisotopic (exact) mass is 241 g/mol. The van der Waals surface area contributed by atoms with Gasteiger partial charge in [0.1, 0.15) is 6.10 Å². The van der Waals surface area contributed by atoms with E-state index in [2.05, 4.69) is 5.32 Å². The lowest BCUT2D eigenvalue weighted by Crippen LogP contribution is -2.43. The van der Waals surface area contributed by atoms with Crippen molar-refractivity contribution in [2.75, 3.05) is 13.2 Å². The lowest BCUT2D eigenvalue weighted by atomic mass is 10.1. The average Bonchev–Trinajstić information content (AvgIpc) is 3.18. The maximum absolute atomic E-state index is 11.9. The molecule has 2 aliphatic rings. The molecule has 2 N–H and O–H groups in total. The summed E-state index contributed by atoms with van der Waals surface area (Å²) >= 11 is 0. The quantitative estimate of drug-likeness (QED) is 0.668. The zero-order chi connectivity index (χ0) is 12.3. The topological polar surface area (TPSA) is 58.6 Å². The highest BCUT2D eigenvalue weighted by atomic mass is 16.5. The van der Waals surface area contributed by atoms with Gasteiger partial charge < -0.3 is 15.2 Å². The van der Waals surface area contributed by atoms with Gasteiger partial charge in [-0.05, 0) is 50.9 Å². The van der Waals surface area contributed by atoms with Crippen molar-refractivity contribution in [1.82, 2.24) is 5.32 Å². The van der Waals surface area contributed by atoms with Crippen molar-refractivity contribution in [3.05, 3.63) is 0 Å². The summed E-state index contributed by atoms with van der Waals surface area (Å²) in [5.41, 5.74) is 0. The molecule has 0 aliphatic heterocycles. The van der Waals surface area contributed by atoms with Crippen LogP contribution in [-0.2, 0) is 9.53 Å². The van der Waals surface area contributed by atoms with Crippen LogP contribution in [0.4, 0.5) is 0 Å². The van der Waals surface area contributed by atoms with Crippen molar-refractivity contribution in [2.24, 2.45) is 11.8 Å². The van der Waals surface area contributed by atoms with E-state index in [0.29, 0.717) is 24.9 Å². The Morgan fingerprint density at radius 3 is 2.65 bits per heavy atom. The first kappa shape index (κ1) is 12.8. The number of rotatable bonds is 8. The van der Waals surface area contributed by atoms with E-state index in [9.17, 15) is 4.79 Å². The normalized spacial score (nSPS) is 23.2. The first-order valence-corrected chi connectivity index (χ1v) is 6.73. The molecule has 0 aromatic rings. The molecule has 2 saturated carbocycles. The second-order valence-electron chi connectivity index (χ2n) is 5.38. The number of ether oxygens (including phenoxy) is 1. The Morgan fingerprint density at radius 2 is 2.12 bits per heavy atom. The summed E-state index contributed by atoms with van der Waals surface area (Å²) < 4.78 is 5.53. The first-order valence-electron chi connectivity index (χ1n) is 6.73. The predicted molar refractivity (Wildman–Crippen MR) is 64.5 cm³/mol. The fourth-order valence-corrected chi connectivity index (χ4v) is 2.00. The molecule has 2 atom stereocenters. The smallest absolute Gasteiger partial charge is 0.249 e. The third kappa shape index (κ3) is 4.28. The lowest BCUT2D eigenvalue weighted by molar-refractivity contribution is -0.133. The zero-order valence-corrected chi connectivity index (χ0v) is 10.5. The van der Waals surface area contributed by atoms with Gasteiger partial charge >= 0.3 is 0 Å². The zero-order valence-electron chi connectivity index (χ0n) is 10.5. The summed E-state index contributed by atoms with van der Waals surface area (Å²) in [4.78, 5) is 11.9. The van der Waals surface area contributed by atoms with Gasteiger partial charge in [-0.2, -0.15) is 0 Å². The van der Waals surface area contributed by atoms with Gasteiger partial charge in [-0.25, -0.2) is 0 Å². The maximum Gasteiger partial charge on any atom is 0.249 e. The number of aliphatic hydroxyl groups is 1. The van der Waals surface area contributed by atoms with Crippen molar-refractivity contribution in [2.45, 2.75) is 51.2 Å². The van der Waals surface area contributed by atoms with Gasteiger partial charge in [0.15, 0.2) is 0 Å². The molecule has 0 heterocycles. The first-order chi connectivity index (χ1) is 8.20. The summed E-state index contributed by atoms with van der Waals surface area (Å²) in [6.45, 7) is 2.65. The summed E-state index contributed by atoms with van der Waals surface area (Å²) in [5.74, 6) is 1.22. The Labute approximate surface area is 103 Å². The number of hydrogen-bond acceptors (Lipinski definition) is 3. The lowest BCUT2D eigenvalue weighted by Gasteiger charge is -2.20. The minimum absolute atomic E-state index is 0.0315. The van der Waals surface area contributed by atoms with Gasteiger partial charge in [-0.15, -0.1) is 0 Å². The minimum atomic E-state index is -0.365. The summed E-state index contributed by atoms with van der Waals surface area (Å²) in [7, 11) is 0. The van der Waals surface area contributed by atoms with Crippen molar-refractivity contribution in [1.29, 1.82) is 0 Å². The number of hydrogen-bond donors (Lipinski definition) is 2. The van der Waals surface area contributed by atoms with E-state index in [-0.39, 0.29) is 24.7 Å². The third-order valence-electron chi connectivity index (χ3n) is 3.61. The summed E-state index contributed by atoms with van der Waals surface area (Å²) in [6.07, 6.45) is 5.11. The van der Waals surface area contributed by atoms with E-state index in [1.807, 2.05) is 0 Å². The van der Waals surface area contributed by atoms with E-state index in [0.717, 1.165) is 0 Å². The Balaban J connectivity index is 1.68. The van der Waals surface area contributed by atoms with Gasteiger partial charge in [-0.3, -0.25) is 4.79 Å².